The highest BCUT2D eigenvalue weighted by Crippen LogP contribution is 2.21. The van der Waals surface area contributed by atoms with Crippen molar-refractivity contribution < 1.29 is 14.3 Å². The molecule has 0 radical (unpaired) electrons. The molecule has 5 heteroatoms. The molecule has 1 fully saturated rings. The van der Waals surface area contributed by atoms with E-state index < -0.39 is 5.60 Å². The van der Waals surface area contributed by atoms with E-state index in [4.69, 9.17) is 15.2 Å². The van der Waals surface area contributed by atoms with Gasteiger partial charge in [-0.1, -0.05) is 0 Å². The van der Waals surface area contributed by atoms with Crippen LogP contribution in [0.4, 0.5) is 5.69 Å². The van der Waals surface area contributed by atoms with Gasteiger partial charge in [0.05, 0.1) is 6.61 Å². The molecule has 1 aromatic rings. The Kier molecular flexibility index (Phi) is 4.07. The van der Waals surface area contributed by atoms with Gasteiger partial charge in [-0.15, -0.1) is 0 Å². The SMILES string of the molecule is COC1(CNC(=O)c2ccc(N)c(C)c2)CCOC1. The first-order valence-corrected chi connectivity index (χ1v) is 6.33. The molecule has 1 saturated heterocycles. The number of anilines is 1. The van der Waals surface area contributed by atoms with E-state index in [9.17, 15) is 4.79 Å². The number of carbonyl (C=O) groups excluding carboxylic acids is 1. The average Bonchev–Trinajstić information content (AvgIpc) is 2.89. The Hall–Kier alpha value is -1.59. The highest BCUT2D eigenvalue weighted by Gasteiger charge is 2.35. The first kappa shape index (κ1) is 13.8. The normalized spacial score (nSPS) is 22.4. The third-order valence-electron chi connectivity index (χ3n) is 3.60. The second kappa shape index (κ2) is 5.59. The number of nitrogens with one attached hydrogen (secondary N) is 1. The van der Waals surface area contributed by atoms with Crippen LogP contribution >= 0.6 is 0 Å². The number of methoxy groups -OCH3 is 1. The molecule has 5 nitrogen and oxygen atoms in total. The van der Waals surface area contributed by atoms with Gasteiger partial charge in [-0.05, 0) is 30.7 Å². The van der Waals surface area contributed by atoms with Crippen molar-refractivity contribution in [3.8, 4) is 0 Å². The number of carbonyl (C=O) groups is 1. The molecule has 1 heterocycles. The van der Waals surface area contributed by atoms with E-state index >= 15 is 0 Å². The maximum absolute atomic E-state index is 12.1. The van der Waals surface area contributed by atoms with E-state index in [1.54, 1.807) is 25.3 Å². The average molecular weight is 264 g/mol. The topological polar surface area (TPSA) is 73.6 Å². The Morgan fingerprint density at radius 2 is 2.37 bits per heavy atom. The Labute approximate surface area is 113 Å². The van der Waals surface area contributed by atoms with Crippen molar-refractivity contribution >= 4 is 11.6 Å². The molecule has 1 aliphatic rings. The molecule has 2 rings (SSSR count). The van der Waals surface area contributed by atoms with Crippen LogP contribution < -0.4 is 11.1 Å². The Morgan fingerprint density at radius 3 is 2.95 bits per heavy atom. The molecule has 1 aromatic carbocycles. The molecular formula is C14H20N2O3. The summed E-state index contributed by atoms with van der Waals surface area (Å²) in [6.07, 6.45) is 0.796. The predicted molar refractivity (Wildman–Crippen MR) is 73.1 cm³/mol. The van der Waals surface area contributed by atoms with Crippen LogP contribution in [0.15, 0.2) is 18.2 Å². The van der Waals surface area contributed by atoms with Crippen LogP contribution in [0.25, 0.3) is 0 Å². The molecule has 104 valence electrons. The first-order valence-electron chi connectivity index (χ1n) is 6.33. The highest BCUT2D eigenvalue weighted by molar-refractivity contribution is 5.94. The molecular weight excluding hydrogens is 244 g/mol. The van der Waals surface area contributed by atoms with Crippen LogP contribution in [0.1, 0.15) is 22.3 Å². The fourth-order valence-corrected chi connectivity index (χ4v) is 2.12. The number of nitrogen functional groups attached to an aromatic ring is 1. The monoisotopic (exact) mass is 264 g/mol. The summed E-state index contributed by atoms with van der Waals surface area (Å²) in [7, 11) is 1.65. The minimum absolute atomic E-state index is 0.119. The maximum Gasteiger partial charge on any atom is 0.251 e. The maximum atomic E-state index is 12.1. The third kappa shape index (κ3) is 3.05. The van der Waals surface area contributed by atoms with Crippen molar-refractivity contribution in [1.82, 2.24) is 5.32 Å². The summed E-state index contributed by atoms with van der Waals surface area (Å²) in [5.41, 5.74) is 7.54. The second-order valence-corrected chi connectivity index (χ2v) is 4.94. The third-order valence-corrected chi connectivity index (χ3v) is 3.60. The van der Waals surface area contributed by atoms with Gasteiger partial charge in [0, 0.05) is 37.9 Å². The fourth-order valence-electron chi connectivity index (χ4n) is 2.12. The van der Waals surface area contributed by atoms with E-state index in [-0.39, 0.29) is 5.91 Å². The van der Waals surface area contributed by atoms with Crippen LogP contribution in [0.2, 0.25) is 0 Å². The van der Waals surface area contributed by atoms with Crippen molar-refractivity contribution in [2.75, 3.05) is 32.6 Å². The van der Waals surface area contributed by atoms with Crippen molar-refractivity contribution in [2.24, 2.45) is 0 Å². The first-order chi connectivity index (χ1) is 9.06. The molecule has 0 bridgehead atoms. The van der Waals surface area contributed by atoms with Gasteiger partial charge in [-0.2, -0.15) is 0 Å². The molecule has 3 N–H and O–H groups in total. The quantitative estimate of drug-likeness (QED) is 0.799. The van der Waals surface area contributed by atoms with Gasteiger partial charge < -0.3 is 20.5 Å². The largest absolute Gasteiger partial charge is 0.399 e. The Bertz CT molecular complexity index is 468. The zero-order valence-corrected chi connectivity index (χ0v) is 11.4. The lowest BCUT2D eigenvalue weighted by atomic mass is 10.0. The van der Waals surface area contributed by atoms with Gasteiger partial charge >= 0.3 is 0 Å². The van der Waals surface area contributed by atoms with Crippen LogP contribution in [0, 0.1) is 6.92 Å². The molecule has 0 aliphatic carbocycles. The van der Waals surface area contributed by atoms with Crippen molar-refractivity contribution in [3.63, 3.8) is 0 Å². The van der Waals surface area contributed by atoms with Gasteiger partial charge in [0.2, 0.25) is 0 Å². The minimum atomic E-state index is -0.390. The van der Waals surface area contributed by atoms with Crippen LogP contribution in [0.5, 0.6) is 0 Å². The summed E-state index contributed by atoms with van der Waals surface area (Å²) < 4.78 is 10.8. The summed E-state index contributed by atoms with van der Waals surface area (Å²) >= 11 is 0. The lowest BCUT2D eigenvalue weighted by Crippen LogP contribution is -2.45. The number of nitrogens with two attached hydrogens (primary N) is 1. The molecule has 1 aliphatic heterocycles. The second-order valence-electron chi connectivity index (χ2n) is 4.94. The molecule has 1 atom stereocenters. The number of benzene rings is 1. The van der Waals surface area contributed by atoms with Gasteiger partial charge in [-0.25, -0.2) is 0 Å². The fraction of sp³-hybridized carbons (Fsp3) is 0.500. The summed E-state index contributed by atoms with van der Waals surface area (Å²) in [6.45, 7) is 3.52. The van der Waals surface area contributed by atoms with Crippen molar-refractivity contribution in [1.29, 1.82) is 0 Å². The predicted octanol–water partition coefficient (Wildman–Crippen LogP) is 1.11. The lowest BCUT2D eigenvalue weighted by molar-refractivity contribution is -0.0148. The van der Waals surface area contributed by atoms with Gasteiger partial charge in [0.15, 0.2) is 0 Å². The van der Waals surface area contributed by atoms with E-state index in [0.29, 0.717) is 31.0 Å². The molecule has 1 unspecified atom stereocenters. The van der Waals surface area contributed by atoms with E-state index in [2.05, 4.69) is 5.32 Å². The van der Waals surface area contributed by atoms with Gasteiger partial charge in [0.25, 0.3) is 5.91 Å². The number of amides is 1. The number of hydrogen-bond donors (Lipinski definition) is 2. The van der Waals surface area contributed by atoms with Crippen LogP contribution in [-0.4, -0.2) is 38.4 Å². The Balaban J connectivity index is 1.99. The molecule has 0 spiro atoms. The molecule has 1 amide bonds. The van der Waals surface area contributed by atoms with Crippen LogP contribution in [0.3, 0.4) is 0 Å². The molecule has 0 aromatic heterocycles. The molecule has 0 saturated carbocycles. The zero-order valence-electron chi connectivity index (χ0n) is 11.4. The van der Waals surface area contributed by atoms with Gasteiger partial charge in [-0.3, -0.25) is 4.79 Å². The summed E-state index contributed by atoms with van der Waals surface area (Å²) in [5, 5.41) is 2.89. The summed E-state index contributed by atoms with van der Waals surface area (Å²) in [5.74, 6) is -0.119. The van der Waals surface area contributed by atoms with Crippen molar-refractivity contribution in [3.05, 3.63) is 29.3 Å². The standard InChI is InChI=1S/C14H20N2O3/c1-10-7-11(3-4-12(10)15)13(17)16-8-14(18-2)5-6-19-9-14/h3-4,7H,5-6,8-9,15H2,1-2H3,(H,16,17). The minimum Gasteiger partial charge on any atom is -0.399 e. The van der Waals surface area contributed by atoms with E-state index in [0.717, 1.165) is 12.0 Å². The zero-order chi connectivity index (χ0) is 13.9. The smallest absolute Gasteiger partial charge is 0.251 e. The number of ether oxygens (including phenoxy) is 2. The molecule has 19 heavy (non-hydrogen) atoms. The van der Waals surface area contributed by atoms with Crippen molar-refractivity contribution in [2.45, 2.75) is 18.9 Å². The van der Waals surface area contributed by atoms with E-state index in [1.165, 1.54) is 0 Å². The van der Waals surface area contributed by atoms with E-state index in [1.807, 2.05) is 6.92 Å². The lowest BCUT2D eigenvalue weighted by Gasteiger charge is -2.25. The van der Waals surface area contributed by atoms with Gasteiger partial charge in [0.1, 0.15) is 5.60 Å². The number of aryl methyl sites for hydroxylation is 1. The summed E-state index contributed by atoms with van der Waals surface area (Å²) in [4.78, 5) is 12.1. The number of rotatable bonds is 4. The highest BCUT2D eigenvalue weighted by atomic mass is 16.5. The number of hydrogen-bond acceptors (Lipinski definition) is 4. The van der Waals surface area contributed by atoms with Crippen LogP contribution in [-0.2, 0) is 9.47 Å². The summed E-state index contributed by atoms with van der Waals surface area (Å²) in [6, 6.07) is 5.26. The Morgan fingerprint density at radius 1 is 1.58 bits per heavy atom.